The van der Waals surface area contributed by atoms with Gasteiger partial charge in [-0.05, 0) is 53.6 Å². The monoisotopic (exact) mass is 376 g/mol. The van der Waals surface area contributed by atoms with Crippen LogP contribution in [0, 0.1) is 11.7 Å². The molecule has 0 unspecified atom stereocenters. The zero-order valence-electron chi connectivity index (χ0n) is 15.4. The molecule has 4 rings (SSSR count). The maximum Gasteiger partial charge on any atom is 0.138 e. The Morgan fingerprint density at radius 1 is 0.926 bits per heavy atom. The molecule has 0 aliphatic heterocycles. The lowest BCUT2D eigenvalue weighted by Crippen LogP contribution is -1.93. The van der Waals surface area contributed by atoms with Crippen LogP contribution in [0.15, 0.2) is 65.4 Å². The van der Waals surface area contributed by atoms with Crippen LogP contribution in [-0.2, 0) is 6.42 Å². The number of rotatable bonds is 5. The normalized spacial score (nSPS) is 11.3. The van der Waals surface area contributed by atoms with Crippen molar-refractivity contribution in [1.29, 1.82) is 0 Å². The van der Waals surface area contributed by atoms with E-state index < -0.39 is 0 Å². The first-order valence-electron chi connectivity index (χ1n) is 9.08. The van der Waals surface area contributed by atoms with E-state index in [-0.39, 0.29) is 5.82 Å². The van der Waals surface area contributed by atoms with Gasteiger partial charge < -0.3 is 4.98 Å². The van der Waals surface area contributed by atoms with Crippen molar-refractivity contribution in [2.45, 2.75) is 20.3 Å². The topological polar surface area (TPSA) is 28.7 Å². The number of aromatic nitrogens is 2. The van der Waals surface area contributed by atoms with Gasteiger partial charge >= 0.3 is 0 Å². The van der Waals surface area contributed by atoms with Gasteiger partial charge in [0.05, 0.1) is 11.4 Å². The lowest BCUT2D eigenvalue weighted by atomic mass is 10.0. The molecule has 0 atom stereocenters. The third-order valence-corrected chi connectivity index (χ3v) is 5.19. The van der Waals surface area contributed by atoms with Crippen LogP contribution in [0.5, 0.6) is 0 Å². The van der Waals surface area contributed by atoms with E-state index in [0.717, 1.165) is 40.3 Å². The number of aromatic amines is 1. The molecule has 0 bridgehead atoms. The third kappa shape index (κ3) is 3.86. The summed E-state index contributed by atoms with van der Waals surface area (Å²) in [7, 11) is 0. The molecular formula is C23H21FN2S. The van der Waals surface area contributed by atoms with Gasteiger partial charge in [-0.1, -0.05) is 38.1 Å². The number of H-pyrrole nitrogens is 1. The van der Waals surface area contributed by atoms with Crippen LogP contribution in [0.1, 0.15) is 19.4 Å². The fraction of sp³-hybridized carbons (Fsp3) is 0.174. The molecule has 0 fully saturated rings. The second-order valence-electron chi connectivity index (χ2n) is 7.12. The van der Waals surface area contributed by atoms with Gasteiger partial charge in [-0.25, -0.2) is 9.37 Å². The van der Waals surface area contributed by atoms with E-state index in [4.69, 9.17) is 4.98 Å². The standard InChI is InChI=1S/C23H21FN2S/c1-15(2)13-16-3-5-18(6-4-16)23-25-21(17-7-9-20(24)10-8-17)22(26-23)19-11-12-27-14-19/h3-12,14-15H,13H2,1-2H3,(H,25,26). The highest BCUT2D eigenvalue weighted by molar-refractivity contribution is 7.08. The van der Waals surface area contributed by atoms with Crippen molar-refractivity contribution < 1.29 is 4.39 Å². The smallest absolute Gasteiger partial charge is 0.138 e. The summed E-state index contributed by atoms with van der Waals surface area (Å²) >= 11 is 1.64. The van der Waals surface area contributed by atoms with Crippen LogP contribution in [-0.4, -0.2) is 9.97 Å². The molecule has 4 heteroatoms. The summed E-state index contributed by atoms with van der Waals surface area (Å²) in [5.41, 5.74) is 6.18. The number of thiophene rings is 1. The Hall–Kier alpha value is -2.72. The third-order valence-electron chi connectivity index (χ3n) is 4.50. The number of hydrogen-bond acceptors (Lipinski definition) is 2. The minimum absolute atomic E-state index is 0.240. The molecule has 0 spiro atoms. The summed E-state index contributed by atoms with van der Waals surface area (Å²) < 4.78 is 13.4. The summed E-state index contributed by atoms with van der Waals surface area (Å²) in [5, 5.41) is 4.12. The van der Waals surface area contributed by atoms with Crippen molar-refractivity contribution in [3.05, 3.63) is 76.7 Å². The first-order valence-corrected chi connectivity index (χ1v) is 10.0. The molecule has 2 nitrogen and oxygen atoms in total. The highest BCUT2D eigenvalue weighted by Gasteiger charge is 2.15. The SMILES string of the molecule is CC(C)Cc1ccc(-c2nc(-c3ccsc3)c(-c3ccc(F)cc3)[nH]2)cc1. The number of imidazole rings is 1. The van der Waals surface area contributed by atoms with Crippen LogP contribution in [0.3, 0.4) is 0 Å². The largest absolute Gasteiger partial charge is 0.337 e. The van der Waals surface area contributed by atoms with Gasteiger partial charge in [-0.3, -0.25) is 0 Å². The molecule has 2 heterocycles. The summed E-state index contributed by atoms with van der Waals surface area (Å²) in [6.45, 7) is 4.45. The number of nitrogens with one attached hydrogen (secondary N) is 1. The Bertz CT molecular complexity index is 1010. The number of benzene rings is 2. The van der Waals surface area contributed by atoms with Crippen molar-refractivity contribution in [3.8, 4) is 33.9 Å². The van der Waals surface area contributed by atoms with Crippen LogP contribution < -0.4 is 0 Å². The van der Waals surface area contributed by atoms with Crippen molar-refractivity contribution in [2.24, 2.45) is 5.92 Å². The second kappa shape index (κ2) is 7.49. The van der Waals surface area contributed by atoms with Crippen LogP contribution in [0.2, 0.25) is 0 Å². The maximum absolute atomic E-state index is 13.4. The second-order valence-corrected chi connectivity index (χ2v) is 7.90. The molecule has 27 heavy (non-hydrogen) atoms. The van der Waals surface area contributed by atoms with Gasteiger partial charge in [0.2, 0.25) is 0 Å². The molecule has 0 aliphatic rings. The Balaban J connectivity index is 1.76. The van der Waals surface area contributed by atoms with Crippen molar-refractivity contribution in [1.82, 2.24) is 9.97 Å². The molecule has 0 aliphatic carbocycles. The van der Waals surface area contributed by atoms with Crippen molar-refractivity contribution in [3.63, 3.8) is 0 Å². The first-order chi connectivity index (χ1) is 13.1. The fourth-order valence-corrected chi connectivity index (χ4v) is 3.85. The maximum atomic E-state index is 13.4. The average Bonchev–Trinajstić information content (AvgIpc) is 3.32. The average molecular weight is 376 g/mol. The van der Waals surface area contributed by atoms with E-state index in [9.17, 15) is 4.39 Å². The predicted octanol–water partition coefficient (Wildman–Crippen LogP) is 6.81. The first kappa shape index (κ1) is 17.7. The highest BCUT2D eigenvalue weighted by Crippen LogP contribution is 2.34. The van der Waals surface area contributed by atoms with E-state index in [1.165, 1.54) is 17.7 Å². The Kier molecular flexibility index (Phi) is 4.90. The molecule has 0 amide bonds. The van der Waals surface area contributed by atoms with E-state index in [1.807, 2.05) is 5.38 Å². The molecule has 1 N–H and O–H groups in total. The molecule has 0 saturated carbocycles. The Morgan fingerprint density at radius 2 is 1.63 bits per heavy atom. The minimum atomic E-state index is -0.240. The van der Waals surface area contributed by atoms with Gasteiger partial charge in [0.25, 0.3) is 0 Å². The lowest BCUT2D eigenvalue weighted by molar-refractivity contribution is 0.628. The van der Waals surface area contributed by atoms with E-state index in [2.05, 4.69) is 54.5 Å². The predicted molar refractivity (Wildman–Crippen MR) is 111 cm³/mol. The van der Waals surface area contributed by atoms with Gasteiger partial charge in [0.15, 0.2) is 0 Å². The van der Waals surface area contributed by atoms with Gasteiger partial charge in [0.1, 0.15) is 11.6 Å². The van der Waals surface area contributed by atoms with E-state index in [1.54, 1.807) is 23.5 Å². The molecule has 2 aromatic heterocycles. The summed E-state index contributed by atoms with van der Waals surface area (Å²) in [6, 6.07) is 17.2. The minimum Gasteiger partial charge on any atom is -0.337 e. The van der Waals surface area contributed by atoms with E-state index >= 15 is 0 Å². The summed E-state index contributed by atoms with van der Waals surface area (Å²) in [5.74, 6) is 1.22. The number of hydrogen-bond donors (Lipinski definition) is 1. The number of nitrogens with zero attached hydrogens (tertiary/aromatic N) is 1. The molecule has 0 radical (unpaired) electrons. The quantitative estimate of drug-likeness (QED) is 0.407. The molecule has 2 aromatic carbocycles. The van der Waals surface area contributed by atoms with Gasteiger partial charge in [0, 0.05) is 22.1 Å². The summed E-state index contributed by atoms with van der Waals surface area (Å²) in [4.78, 5) is 8.32. The Morgan fingerprint density at radius 3 is 2.26 bits per heavy atom. The zero-order chi connectivity index (χ0) is 18.8. The Labute approximate surface area is 162 Å². The molecule has 136 valence electrons. The van der Waals surface area contributed by atoms with Crippen molar-refractivity contribution >= 4 is 11.3 Å². The van der Waals surface area contributed by atoms with Crippen LogP contribution in [0.25, 0.3) is 33.9 Å². The van der Waals surface area contributed by atoms with Crippen LogP contribution in [0.4, 0.5) is 4.39 Å². The fourth-order valence-electron chi connectivity index (χ4n) is 3.21. The summed E-state index contributed by atoms with van der Waals surface area (Å²) in [6.07, 6.45) is 1.07. The van der Waals surface area contributed by atoms with Crippen molar-refractivity contribution in [2.75, 3.05) is 0 Å². The molecular weight excluding hydrogens is 355 g/mol. The van der Waals surface area contributed by atoms with E-state index in [0.29, 0.717) is 5.92 Å². The van der Waals surface area contributed by atoms with Gasteiger partial charge in [-0.15, -0.1) is 0 Å². The lowest BCUT2D eigenvalue weighted by Gasteiger charge is -2.05. The molecule has 4 aromatic rings. The van der Waals surface area contributed by atoms with Gasteiger partial charge in [-0.2, -0.15) is 11.3 Å². The molecule has 0 saturated heterocycles. The zero-order valence-corrected chi connectivity index (χ0v) is 16.2. The number of halogens is 1. The highest BCUT2D eigenvalue weighted by atomic mass is 32.1. The van der Waals surface area contributed by atoms with Crippen LogP contribution >= 0.6 is 11.3 Å².